The largest absolute Gasteiger partial charge is 0.481 e. The number of nitrogens with zero attached hydrogens (tertiary/aromatic N) is 1. The fraction of sp³-hybridized carbons (Fsp3) is 0.923. The standard InChI is InChI=1S/C13H25NO4/c1-4-14(11(2)9-17-3)10-13(12(15)16)5-7-18-8-6-13/h11H,4-10H2,1-3H3,(H,15,16). The van der Waals surface area contributed by atoms with Gasteiger partial charge in [0.25, 0.3) is 0 Å². The molecule has 1 aliphatic rings. The van der Waals surface area contributed by atoms with Gasteiger partial charge in [-0.15, -0.1) is 0 Å². The van der Waals surface area contributed by atoms with Gasteiger partial charge in [0.2, 0.25) is 0 Å². The average molecular weight is 259 g/mol. The predicted octanol–water partition coefficient (Wildman–Crippen LogP) is 1.22. The van der Waals surface area contributed by atoms with E-state index in [9.17, 15) is 9.90 Å². The molecule has 0 amide bonds. The highest BCUT2D eigenvalue weighted by Gasteiger charge is 2.42. The molecule has 1 atom stereocenters. The first-order valence-corrected chi connectivity index (χ1v) is 6.60. The second-order valence-electron chi connectivity index (χ2n) is 5.07. The van der Waals surface area contributed by atoms with Crippen LogP contribution in [-0.2, 0) is 14.3 Å². The molecule has 1 rings (SSSR count). The molecule has 0 aromatic carbocycles. The molecule has 0 aliphatic carbocycles. The van der Waals surface area contributed by atoms with Crippen LogP contribution in [0.5, 0.6) is 0 Å². The van der Waals surface area contributed by atoms with Crippen LogP contribution < -0.4 is 0 Å². The number of carboxylic acid groups (broad SMARTS) is 1. The Morgan fingerprint density at radius 2 is 2.11 bits per heavy atom. The van der Waals surface area contributed by atoms with Gasteiger partial charge in [-0.2, -0.15) is 0 Å². The third-order valence-electron chi connectivity index (χ3n) is 3.85. The average Bonchev–Trinajstić information content (AvgIpc) is 2.37. The molecule has 18 heavy (non-hydrogen) atoms. The summed E-state index contributed by atoms with van der Waals surface area (Å²) in [6.45, 7) is 7.25. The van der Waals surface area contributed by atoms with Crippen molar-refractivity contribution >= 4 is 5.97 Å². The molecule has 0 radical (unpaired) electrons. The molecular weight excluding hydrogens is 234 g/mol. The van der Waals surface area contributed by atoms with Crippen molar-refractivity contribution in [2.75, 3.05) is 40.0 Å². The summed E-state index contributed by atoms with van der Waals surface area (Å²) in [5.74, 6) is -0.700. The van der Waals surface area contributed by atoms with E-state index in [0.29, 0.717) is 39.2 Å². The van der Waals surface area contributed by atoms with Gasteiger partial charge < -0.3 is 14.6 Å². The number of hydrogen-bond donors (Lipinski definition) is 1. The zero-order valence-electron chi connectivity index (χ0n) is 11.6. The quantitative estimate of drug-likeness (QED) is 0.745. The molecule has 0 spiro atoms. The van der Waals surface area contributed by atoms with Gasteiger partial charge in [0.1, 0.15) is 0 Å². The number of methoxy groups -OCH3 is 1. The van der Waals surface area contributed by atoms with Gasteiger partial charge in [0.15, 0.2) is 0 Å². The monoisotopic (exact) mass is 259 g/mol. The fourth-order valence-corrected chi connectivity index (χ4v) is 2.52. The van der Waals surface area contributed by atoms with Crippen LogP contribution in [0.3, 0.4) is 0 Å². The summed E-state index contributed by atoms with van der Waals surface area (Å²) < 4.78 is 10.4. The fourth-order valence-electron chi connectivity index (χ4n) is 2.52. The second kappa shape index (κ2) is 7.07. The van der Waals surface area contributed by atoms with E-state index in [1.54, 1.807) is 7.11 Å². The minimum Gasteiger partial charge on any atom is -0.481 e. The lowest BCUT2D eigenvalue weighted by Crippen LogP contribution is -2.50. The number of ether oxygens (including phenoxy) is 2. The SMILES string of the molecule is CCN(CC1(C(=O)O)CCOCC1)C(C)COC. The van der Waals surface area contributed by atoms with E-state index >= 15 is 0 Å². The maximum absolute atomic E-state index is 11.6. The summed E-state index contributed by atoms with van der Waals surface area (Å²) >= 11 is 0. The van der Waals surface area contributed by atoms with Crippen molar-refractivity contribution in [2.45, 2.75) is 32.7 Å². The Morgan fingerprint density at radius 1 is 1.50 bits per heavy atom. The van der Waals surface area contributed by atoms with Crippen LogP contribution >= 0.6 is 0 Å². The summed E-state index contributed by atoms with van der Waals surface area (Å²) in [5.41, 5.74) is -0.656. The van der Waals surface area contributed by atoms with E-state index in [4.69, 9.17) is 9.47 Å². The van der Waals surface area contributed by atoms with Crippen molar-refractivity contribution in [3.05, 3.63) is 0 Å². The van der Waals surface area contributed by atoms with Gasteiger partial charge >= 0.3 is 5.97 Å². The zero-order valence-corrected chi connectivity index (χ0v) is 11.6. The summed E-state index contributed by atoms with van der Waals surface area (Å²) in [5, 5.41) is 9.53. The van der Waals surface area contributed by atoms with Crippen molar-refractivity contribution in [3.8, 4) is 0 Å². The molecule has 1 unspecified atom stereocenters. The highest BCUT2D eigenvalue weighted by Crippen LogP contribution is 2.32. The highest BCUT2D eigenvalue weighted by atomic mass is 16.5. The van der Waals surface area contributed by atoms with Crippen LogP contribution in [0.1, 0.15) is 26.7 Å². The normalized spacial score (nSPS) is 20.9. The number of aliphatic carboxylic acids is 1. The number of likely N-dealkylation sites (N-methyl/N-ethyl adjacent to an activating group) is 1. The molecule has 1 aliphatic heterocycles. The van der Waals surface area contributed by atoms with Crippen LogP contribution in [0, 0.1) is 5.41 Å². The summed E-state index contributed by atoms with van der Waals surface area (Å²) in [4.78, 5) is 13.8. The Labute approximate surface area is 109 Å². The van der Waals surface area contributed by atoms with E-state index in [-0.39, 0.29) is 6.04 Å². The molecule has 5 nitrogen and oxygen atoms in total. The molecule has 5 heteroatoms. The van der Waals surface area contributed by atoms with Crippen LogP contribution in [-0.4, -0.2) is 62.0 Å². The lowest BCUT2D eigenvalue weighted by molar-refractivity contribution is -0.157. The van der Waals surface area contributed by atoms with Gasteiger partial charge in [-0.05, 0) is 26.3 Å². The maximum Gasteiger partial charge on any atom is 0.311 e. The molecule has 1 N–H and O–H groups in total. The smallest absolute Gasteiger partial charge is 0.311 e. The van der Waals surface area contributed by atoms with E-state index in [0.717, 1.165) is 6.54 Å². The van der Waals surface area contributed by atoms with Crippen LogP contribution in [0.15, 0.2) is 0 Å². The number of hydrogen-bond acceptors (Lipinski definition) is 4. The highest BCUT2D eigenvalue weighted by molar-refractivity contribution is 5.75. The van der Waals surface area contributed by atoms with Crippen LogP contribution in [0.25, 0.3) is 0 Å². The molecule has 0 aromatic heterocycles. The third kappa shape index (κ3) is 3.67. The van der Waals surface area contributed by atoms with Crippen molar-refractivity contribution in [1.82, 2.24) is 4.90 Å². The number of rotatable bonds is 7. The van der Waals surface area contributed by atoms with Crippen molar-refractivity contribution in [1.29, 1.82) is 0 Å². The summed E-state index contributed by atoms with van der Waals surface area (Å²) in [7, 11) is 1.67. The van der Waals surface area contributed by atoms with E-state index in [1.807, 2.05) is 0 Å². The first kappa shape index (κ1) is 15.4. The lowest BCUT2D eigenvalue weighted by Gasteiger charge is -2.39. The lowest BCUT2D eigenvalue weighted by atomic mass is 9.79. The van der Waals surface area contributed by atoms with Gasteiger partial charge in [-0.3, -0.25) is 9.69 Å². The number of carbonyl (C=O) groups is 1. The van der Waals surface area contributed by atoms with Crippen LogP contribution in [0.2, 0.25) is 0 Å². The van der Waals surface area contributed by atoms with Crippen LogP contribution in [0.4, 0.5) is 0 Å². The van der Waals surface area contributed by atoms with E-state index in [2.05, 4.69) is 18.7 Å². The second-order valence-corrected chi connectivity index (χ2v) is 5.07. The first-order valence-electron chi connectivity index (χ1n) is 6.60. The Bertz CT molecular complexity index is 264. The molecule has 1 saturated heterocycles. The number of carboxylic acids is 1. The zero-order chi connectivity index (χ0) is 13.6. The molecular formula is C13H25NO4. The van der Waals surface area contributed by atoms with E-state index in [1.165, 1.54) is 0 Å². The van der Waals surface area contributed by atoms with Crippen molar-refractivity contribution < 1.29 is 19.4 Å². The van der Waals surface area contributed by atoms with Gasteiger partial charge in [0.05, 0.1) is 12.0 Å². The minimum absolute atomic E-state index is 0.235. The maximum atomic E-state index is 11.6. The minimum atomic E-state index is -0.700. The third-order valence-corrected chi connectivity index (χ3v) is 3.85. The molecule has 0 bridgehead atoms. The van der Waals surface area contributed by atoms with Gasteiger partial charge in [-0.25, -0.2) is 0 Å². The van der Waals surface area contributed by atoms with Gasteiger partial charge in [-0.1, -0.05) is 6.92 Å². The van der Waals surface area contributed by atoms with Gasteiger partial charge in [0, 0.05) is 32.9 Å². The molecule has 1 fully saturated rings. The van der Waals surface area contributed by atoms with Crippen molar-refractivity contribution in [3.63, 3.8) is 0 Å². The Hall–Kier alpha value is -0.650. The molecule has 106 valence electrons. The van der Waals surface area contributed by atoms with Crippen molar-refractivity contribution in [2.24, 2.45) is 5.41 Å². The van der Waals surface area contributed by atoms with E-state index < -0.39 is 11.4 Å². The first-order chi connectivity index (χ1) is 8.55. The Kier molecular flexibility index (Phi) is 6.05. The summed E-state index contributed by atoms with van der Waals surface area (Å²) in [6, 6.07) is 0.235. The summed E-state index contributed by atoms with van der Waals surface area (Å²) in [6.07, 6.45) is 1.19. The Balaban J connectivity index is 2.71. The predicted molar refractivity (Wildman–Crippen MR) is 68.7 cm³/mol. The molecule has 0 saturated carbocycles. The molecule has 1 heterocycles. The Morgan fingerprint density at radius 3 is 2.56 bits per heavy atom. The molecule has 0 aromatic rings. The topological polar surface area (TPSA) is 59.0 Å².